The number of nitrogens with zero attached hydrogens (tertiary/aromatic N) is 3. The maximum Gasteiger partial charge on any atom is 0.133 e. The number of rotatable bonds is 2. The molecule has 88 valence electrons. The predicted molar refractivity (Wildman–Crippen MR) is 66.4 cm³/mol. The molecular formula is C12H20N4. The Morgan fingerprint density at radius 2 is 2.31 bits per heavy atom. The third-order valence-corrected chi connectivity index (χ3v) is 3.35. The van der Waals surface area contributed by atoms with Crippen LogP contribution in [0.2, 0.25) is 0 Å². The van der Waals surface area contributed by atoms with Crippen LogP contribution in [0.3, 0.4) is 0 Å². The van der Waals surface area contributed by atoms with Crippen molar-refractivity contribution in [3.63, 3.8) is 0 Å². The van der Waals surface area contributed by atoms with Gasteiger partial charge in [0.05, 0.1) is 0 Å². The van der Waals surface area contributed by atoms with Crippen molar-refractivity contribution in [3.8, 4) is 0 Å². The molecule has 1 aromatic rings. The molecule has 1 saturated heterocycles. The summed E-state index contributed by atoms with van der Waals surface area (Å²) in [6, 6.07) is 4.58. The number of aromatic nitrogens is 1. The molecule has 1 aliphatic heterocycles. The van der Waals surface area contributed by atoms with Gasteiger partial charge in [-0.3, -0.25) is 0 Å². The number of likely N-dealkylation sites (N-methyl/N-ethyl adjacent to an activating group) is 1. The number of pyridine rings is 1. The third kappa shape index (κ3) is 2.18. The predicted octanol–water partition coefficient (Wildman–Crippen LogP) is 0.681. The Kier molecular flexibility index (Phi) is 3.41. The first-order chi connectivity index (χ1) is 7.72. The molecule has 0 radical (unpaired) electrons. The van der Waals surface area contributed by atoms with Crippen LogP contribution in [-0.4, -0.2) is 42.6 Å². The molecule has 2 N–H and O–H groups in total. The molecule has 1 unspecified atom stereocenters. The van der Waals surface area contributed by atoms with Crippen molar-refractivity contribution in [1.29, 1.82) is 0 Å². The Morgan fingerprint density at radius 1 is 1.50 bits per heavy atom. The van der Waals surface area contributed by atoms with Crippen LogP contribution in [0.5, 0.6) is 0 Å². The fourth-order valence-corrected chi connectivity index (χ4v) is 2.12. The SMILES string of the molecule is CC1CN(c2ncccc2CN)CCN1C. The lowest BCUT2D eigenvalue weighted by Crippen LogP contribution is -2.50. The smallest absolute Gasteiger partial charge is 0.133 e. The van der Waals surface area contributed by atoms with Gasteiger partial charge in [-0.2, -0.15) is 0 Å². The van der Waals surface area contributed by atoms with Crippen molar-refractivity contribution in [2.45, 2.75) is 19.5 Å². The highest BCUT2D eigenvalue weighted by Crippen LogP contribution is 2.19. The summed E-state index contributed by atoms with van der Waals surface area (Å²) in [5.41, 5.74) is 6.88. The van der Waals surface area contributed by atoms with E-state index in [4.69, 9.17) is 5.73 Å². The normalized spacial score (nSPS) is 22.4. The van der Waals surface area contributed by atoms with Crippen LogP contribution >= 0.6 is 0 Å². The summed E-state index contributed by atoms with van der Waals surface area (Å²) in [5, 5.41) is 0. The first-order valence-corrected chi connectivity index (χ1v) is 5.81. The maximum atomic E-state index is 5.74. The van der Waals surface area contributed by atoms with Crippen molar-refractivity contribution in [3.05, 3.63) is 23.9 Å². The van der Waals surface area contributed by atoms with Crippen LogP contribution in [0.1, 0.15) is 12.5 Å². The molecule has 16 heavy (non-hydrogen) atoms. The highest BCUT2D eigenvalue weighted by Gasteiger charge is 2.22. The highest BCUT2D eigenvalue weighted by atomic mass is 15.3. The van der Waals surface area contributed by atoms with E-state index in [1.54, 1.807) is 0 Å². The molecule has 4 heteroatoms. The molecule has 4 nitrogen and oxygen atoms in total. The van der Waals surface area contributed by atoms with Gasteiger partial charge in [-0.25, -0.2) is 4.98 Å². The Bertz CT molecular complexity index is 353. The zero-order valence-electron chi connectivity index (χ0n) is 10.1. The average molecular weight is 220 g/mol. The van der Waals surface area contributed by atoms with E-state index >= 15 is 0 Å². The molecule has 1 atom stereocenters. The zero-order valence-corrected chi connectivity index (χ0v) is 10.1. The van der Waals surface area contributed by atoms with Crippen molar-refractivity contribution < 1.29 is 0 Å². The lowest BCUT2D eigenvalue weighted by Gasteiger charge is -2.38. The fraction of sp³-hybridized carbons (Fsp3) is 0.583. The molecule has 0 spiro atoms. The van der Waals surface area contributed by atoms with Crippen LogP contribution in [0.25, 0.3) is 0 Å². The number of anilines is 1. The first kappa shape index (κ1) is 11.4. The van der Waals surface area contributed by atoms with E-state index in [0.717, 1.165) is 31.0 Å². The second-order valence-corrected chi connectivity index (χ2v) is 4.47. The highest BCUT2D eigenvalue weighted by molar-refractivity contribution is 5.47. The van der Waals surface area contributed by atoms with E-state index in [9.17, 15) is 0 Å². The Morgan fingerprint density at radius 3 is 3.00 bits per heavy atom. The van der Waals surface area contributed by atoms with Gasteiger partial charge in [-0.1, -0.05) is 6.07 Å². The molecule has 0 saturated carbocycles. The monoisotopic (exact) mass is 220 g/mol. The van der Waals surface area contributed by atoms with Gasteiger partial charge < -0.3 is 15.5 Å². The standard InChI is InChI=1S/C12H20N4/c1-10-9-16(7-6-15(10)2)12-11(8-13)4-3-5-14-12/h3-5,10H,6-9,13H2,1-2H3. The summed E-state index contributed by atoms with van der Waals surface area (Å²) in [5.74, 6) is 1.06. The minimum absolute atomic E-state index is 0.559. The van der Waals surface area contributed by atoms with E-state index in [1.807, 2.05) is 12.3 Å². The van der Waals surface area contributed by atoms with Gasteiger partial charge in [0.1, 0.15) is 5.82 Å². The fourth-order valence-electron chi connectivity index (χ4n) is 2.12. The number of nitrogens with two attached hydrogens (primary N) is 1. The average Bonchev–Trinajstić information content (AvgIpc) is 2.32. The Hall–Kier alpha value is -1.13. The minimum Gasteiger partial charge on any atom is -0.354 e. The van der Waals surface area contributed by atoms with E-state index in [-0.39, 0.29) is 0 Å². The second-order valence-electron chi connectivity index (χ2n) is 4.47. The Labute approximate surface area is 97.1 Å². The first-order valence-electron chi connectivity index (χ1n) is 5.81. The zero-order chi connectivity index (χ0) is 11.5. The van der Waals surface area contributed by atoms with Crippen LogP contribution in [-0.2, 0) is 6.54 Å². The maximum absolute atomic E-state index is 5.74. The van der Waals surface area contributed by atoms with Gasteiger partial charge in [-0.15, -0.1) is 0 Å². The largest absolute Gasteiger partial charge is 0.354 e. The van der Waals surface area contributed by atoms with Crippen molar-refractivity contribution >= 4 is 5.82 Å². The summed E-state index contributed by atoms with van der Waals surface area (Å²) in [6.07, 6.45) is 1.84. The van der Waals surface area contributed by atoms with Crippen molar-refractivity contribution in [1.82, 2.24) is 9.88 Å². The molecule has 1 aromatic heterocycles. The molecule has 0 amide bonds. The number of piperazine rings is 1. The summed E-state index contributed by atoms with van der Waals surface area (Å²) < 4.78 is 0. The molecule has 2 heterocycles. The van der Waals surface area contributed by atoms with E-state index in [2.05, 4.69) is 34.8 Å². The van der Waals surface area contributed by atoms with Gasteiger partial charge in [-0.05, 0) is 20.0 Å². The van der Waals surface area contributed by atoms with Crippen LogP contribution in [0.15, 0.2) is 18.3 Å². The minimum atomic E-state index is 0.559. The van der Waals surface area contributed by atoms with Gasteiger partial charge in [0, 0.05) is 44.0 Å². The van der Waals surface area contributed by atoms with Gasteiger partial charge in [0.2, 0.25) is 0 Å². The molecule has 0 bridgehead atoms. The number of hydrogen-bond acceptors (Lipinski definition) is 4. The third-order valence-electron chi connectivity index (χ3n) is 3.35. The van der Waals surface area contributed by atoms with Crippen molar-refractivity contribution in [2.75, 3.05) is 31.6 Å². The van der Waals surface area contributed by atoms with E-state index < -0.39 is 0 Å². The Balaban J connectivity index is 2.18. The van der Waals surface area contributed by atoms with Gasteiger partial charge in [0.25, 0.3) is 0 Å². The molecule has 1 fully saturated rings. The molecule has 0 aliphatic carbocycles. The van der Waals surface area contributed by atoms with Crippen LogP contribution in [0.4, 0.5) is 5.82 Å². The molecule has 0 aromatic carbocycles. The topological polar surface area (TPSA) is 45.4 Å². The van der Waals surface area contributed by atoms with E-state index in [0.29, 0.717) is 12.6 Å². The summed E-state index contributed by atoms with van der Waals surface area (Å²) in [6.45, 7) is 5.95. The molecular weight excluding hydrogens is 200 g/mol. The summed E-state index contributed by atoms with van der Waals surface area (Å²) in [4.78, 5) is 9.18. The summed E-state index contributed by atoms with van der Waals surface area (Å²) in [7, 11) is 2.17. The van der Waals surface area contributed by atoms with Crippen molar-refractivity contribution in [2.24, 2.45) is 5.73 Å². The summed E-state index contributed by atoms with van der Waals surface area (Å²) >= 11 is 0. The lowest BCUT2D eigenvalue weighted by atomic mass is 10.1. The second kappa shape index (κ2) is 4.80. The quantitative estimate of drug-likeness (QED) is 0.796. The lowest BCUT2D eigenvalue weighted by molar-refractivity contribution is 0.233. The van der Waals surface area contributed by atoms with E-state index in [1.165, 1.54) is 0 Å². The number of hydrogen-bond donors (Lipinski definition) is 1. The van der Waals surface area contributed by atoms with Gasteiger partial charge >= 0.3 is 0 Å². The molecule has 2 rings (SSSR count). The molecule has 1 aliphatic rings. The van der Waals surface area contributed by atoms with Crippen LogP contribution in [0, 0.1) is 0 Å². The van der Waals surface area contributed by atoms with Crippen LogP contribution < -0.4 is 10.6 Å². The van der Waals surface area contributed by atoms with Gasteiger partial charge in [0.15, 0.2) is 0 Å².